The summed E-state index contributed by atoms with van der Waals surface area (Å²) in [4.78, 5) is 18.0. The quantitative estimate of drug-likeness (QED) is 0.178. The average Bonchev–Trinajstić information content (AvgIpc) is 3.32. The van der Waals surface area contributed by atoms with Crippen molar-refractivity contribution in [1.29, 1.82) is 0 Å². The molecule has 0 N–H and O–H groups in total. The number of hydrogen-bond acceptors (Lipinski definition) is 7. The monoisotopic (exact) mass is 736 g/mol. The Kier molecular flexibility index (Phi) is 11.8. The van der Waals surface area contributed by atoms with Crippen LogP contribution in [-0.4, -0.2) is 61.7 Å². The van der Waals surface area contributed by atoms with E-state index in [1.54, 1.807) is 36.5 Å². The van der Waals surface area contributed by atoms with Crippen molar-refractivity contribution in [2.45, 2.75) is 134 Å². The zero-order valence-corrected chi connectivity index (χ0v) is 33.4. The highest BCUT2D eigenvalue weighted by Gasteiger charge is 2.74. The maximum absolute atomic E-state index is 13.7. The third-order valence-corrected chi connectivity index (χ3v) is 34.9. The van der Waals surface area contributed by atoms with Gasteiger partial charge in [-0.05, 0) is 47.1 Å². The van der Waals surface area contributed by atoms with Crippen LogP contribution in [0.15, 0.2) is 47.9 Å². The van der Waals surface area contributed by atoms with Crippen LogP contribution in [-0.2, 0) is 18.6 Å². The summed E-state index contributed by atoms with van der Waals surface area (Å²) in [5.74, 6) is 0.644. The molecule has 0 amide bonds. The van der Waals surface area contributed by atoms with Gasteiger partial charge in [-0.3, -0.25) is 4.57 Å². The highest BCUT2D eigenvalue weighted by atomic mass is 35.5. The molecule has 0 saturated carbocycles. The van der Waals surface area contributed by atoms with Crippen molar-refractivity contribution >= 4 is 38.6 Å². The van der Waals surface area contributed by atoms with Crippen LogP contribution in [0.5, 0.6) is 11.6 Å². The molecule has 3 fully saturated rings. The summed E-state index contributed by atoms with van der Waals surface area (Å²) in [5.41, 5.74) is 0.739. The van der Waals surface area contributed by atoms with Gasteiger partial charge in [0.15, 0.2) is 19.8 Å². The van der Waals surface area contributed by atoms with E-state index in [4.69, 9.17) is 46.6 Å². The van der Waals surface area contributed by atoms with E-state index in [-0.39, 0.29) is 23.5 Å². The molecule has 8 nitrogen and oxygen atoms in total. The van der Waals surface area contributed by atoms with E-state index in [1.165, 1.54) is 11.0 Å². The lowest BCUT2D eigenvalue weighted by Gasteiger charge is -2.66. The molecule has 0 spiro atoms. The minimum absolute atomic E-state index is 0.0781. The highest BCUT2D eigenvalue weighted by Crippen LogP contribution is 2.60. The number of halogens is 2. The zero-order chi connectivity index (χ0) is 35.0. The lowest BCUT2D eigenvalue weighted by Crippen LogP contribution is -2.84. The predicted octanol–water partition coefficient (Wildman–Crippen LogP) is 9.44. The number of rotatable bonds is 10. The van der Waals surface area contributed by atoms with Gasteiger partial charge in [0.2, 0.25) is 5.88 Å². The fourth-order valence-corrected chi connectivity index (χ4v) is 37.4. The Hall–Kier alpha value is -1.51. The van der Waals surface area contributed by atoms with Gasteiger partial charge in [-0.2, -0.15) is 4.98 Å². The zero-order valence-electron chi connectivity index (χ0n) is 29.8. The Balaban J connectivity index is 1.62. The Morgan fingerprint density at radius 2 is 1.73 bits per heavy atom. The van der Waals surface area contributed by atoms with Crippen molar-refractivity contribution in [2.24, 2.45) is 5.92 Å². The number of aromatic nitrogens is 2. The number of nitrogens with zero attached hydrogens (tertiary/aromatic N) is 2. The molecule has 6 atom stereocenters. The molecule has 4 heterocycles. The molecule has 0 aliphatic carbocycles. The Morgan fingerprint density at radius 1 is 1.04 bits per heavy atom. The van der Waals surface area contributed by atoms with Crippen LogP contribution in [0.3, 0.4) is 0 Å². The molecule has 2 aromatic rings. The summed E-state index contributed by atoms with van der Waals surface area (Å²) in [7, 11) is -5.03. The number of para-hydroxylation sites is 1. The van der Waals surface area contributed by atoms with E-state index in [0.29, 0.717) is 39.2 Å². The van der Waals surface area contributed by atoms with Crippen LogP contribution in [0.4, 0.5) is 0 Å². The van der Waals surface area contributed by atoms with Gasteiger partial charge in [-0.15, -0.1) is 6.58 Å². The van der Waals surface area contributed by atoms with Gasteiger partial charge in [0, 0.05) is 12.3 Å². The standard InChI is InChI=1S/C36H54Cl2N2O6Si2/c1-10-20-42-33-32-29(44-34(33)40-19-17-30(39-35(40)41)45-31-27(37)15-14-16-28(31)38)22-43-36(23(2)3)18-12-11-13-21-47(46-32,24(4)5)48(36,25(6)7)26(8)9/h10,14-17,19,23-26,29,32-34H,1,11-13,18,20-22H2,2-9H3/t29-,32-,33-,34-,36?,47?/m1/s1. The van der Waals surface area contributed by atoms with E-state index in [2.05, 4.69) is 67.0 Å². The Bertz CT molecular complexity index is 1480. The van der Waals surface area contributed by atoms with Crippen molar-refractivity contribution in [3.63, 3.8) is 0 Å². The molecule has 3 aliphatic heterocycles. The molecule has 0 radical (unpaired) electrons. The molecule has 266 valence electrons. The third-order valence-electron chi connectivity index (χ3n) is 11.4. The first-order valence-electron chi connectivity index (χ1n) is 17.7. The van der Waals surface area contributed by atoms with E-state index < -0.39 is 45.7 Å². The van der Waals surface area contributed by atoms with Crippen molar-refractivity contribution < 1.29 is 23.4 Å². The first-order chi connectivity index (χ1) is 22.8. The van der Waals surface area contributed by atoms with Gasteiger partial charge in [0.05, 0.1) is 28.5 Å². The average molecular weight is 738 g/mol. The normalized spacial score (nSPS) is 30.5. The minimum Gasteiger partial charge on any atom is -0.436 e. The molecule has 12 heteroatoms. The maximum Gasteiger partial charge on any atom is 0.353 e. The van der Waals surface area contributed by atoms with E-state index in [0.717, 1.165) is 25.3 Å². The lowest BCUT2D eigenvalue weighted by molar-refractivity contribution is -0.114. The SMILES string of the molecule is C=CCO[C@@H]1[C@@H]2O[Si]3(C(C)C)CCCCCC(C(C)C)(OC[C@H]2O[C@H]1n1ccc(Oc2c(Cl)cccc2Cl)nc1=O)[Si]3(C(C)C)C(C)C. The number of ether oxygens (including phenoxy) is 4. The molecule has 1 aromatic heterocycles. The van der Waals surface area contributed by atoms with E-state index in [1.807, 2.05) is 0 Å². The molecule has 5 rings (SSSR count). The summed E-state index contributed by atoms with van der Waals surface area (Å²) < 4.78 is 36.2. The largest absolute Gasteiger partial charge is 0.436 e. The van der Waals surface area contributed by atoms with E-state index >= 15 is 0 Å². The summed E-state index contributed by atoms with van der Waals surface area (Å²) in [6, 6.07) is 7.77. The van der Waals surface area contributed by atoms with Crippen LogP contribution >= 0.6 is 23.2 Å². The predicted molar refractivity (Wildman–Crippen MR) is 197 cm³/mol. The second-order valence-corrected chi connectivity index (χ2v) is 29.4. The summed E-state index contributed by atoms with van der Waals surface area (Å²) in [5, 5.41) is 0.383. The number of hydrogen-bond donors (Lipinski definition) is 0. The molecule has 3 saturated heterocycles. The minimum atomic E-state index is -2.61. The van der Waals surface area contributed by atoms with Crippen molar-refractivity contribution in [3.05, 3.63) is 63.6 Å². The maximum atomic E-state index is 13.7. The lowest BCUT2D eigenvalue weighted by atomic mass is 9.99. The molecular formula is C36H54Cl2N2O6Si2. The van der Waals surface area contributed by atoms with Crippen LogP contribution < -0.4 is 10.4 Å². The third kappa shape index (κ3) is 6.20. The molecule has 1 aromatic carbocycles. The number of fused-ring (bicyclic) bond motifs is 3. The molecule has 3 aliphatic rings. The second-order valence-electron chi connectivity index (χ2n) is 15.0. The topological polar surface area (TPSA) is 81.0 Å². The number of benzene rings is 1. The van der Waals surface area contributed by atoms with Gasteiger partial charge >= 0.3 is 5.69 Å². The molecular weight excluding hydrogens is 683 g/mol. The van der Waals surface area contributed by atoms with Crippen molar-refractivity contribution in [2.75, 3.05) is 13.2 Å². The summed E-state index contributed by atoms with van der Waals surface area (Å²) in [6.07, 6.45) is 5.71. The van der Waals surface area contributed by atoms with E-state index in [9.17, 15) is 4.79 Å². The van der Waals surface area contributed by atoms with Crippen LogP contribution in [0.2, 0.25) is 32.7 Å². The first kappa shape index (κ1) is 37.7. The smallest absolute Gasteiger partial charge is 0.353 e. The van der Waals surface area contributed by atoms with Gasteiger partial charge in [-0.25, -0.2) is 4.79 Å². The molecule has 2 bridgehead atoms. The van der Waals surface area contributed by atoms with Crippen molar-refractivity contribution in [1.82, 2.24) is 9.55 Å². The Labute approximate surface area is 298 Å². The highest BCUT2D eigenvalue weighted by molar-refractivity contribution is 7.42. The second kappa shape index (κ2) is 15.0. The first-order valence-corrected chi connectivity index (χ1v) is 23.8. The molecule has 48 heavy (non-hydrogen) atoms. The summed E-state index contributed by atoms with van der Waals surface area (Å²) in [6.45, 7) is 23.9. The van der Waals surface area contributed by atoms with Gasteiger partial charge in [-0.1, -0.05) is 110 Å². The van der Waals surface area contributed by atoms with Gasteiger partial charge in [0.25, 0.3) is 0 Å². The van der Waals surface area contributed by atoms with Gasteiger partial charge in [0.1, 0.15) is 25.9 Å². The van der Waals surface area contributed by atoms with Gasteiger partial charge < -0.3 is 23.4 Å². The van der Waals surface area contributed by atoms with Crippen LogP contribution in [0, 0.1) is 5.92 Å². The molecule has 2 unspecified atom stereocenters. The fourth-order valence-electron chi connectivity index (χ4n) is 9.90. The summed E-state index contributed by atoms with van der Waals surface area (Å²) >= 11 is 12.6. The Morgan fingerprint density at radius 3 is 2.31 bits per heavy atom. The van der Waals surface area contributed by atoms with Crippen LogP contribution in [0.25, 0.3) is 0 Å². The van der Waals surface area contributed by atoms with Crippen molar-refractivity contribution in [3.8, 4) is 11.6 Å². The fraction of sp³-hybridized carbons (Fsp3) is 0.667. The van der Waals surface area contributed by atoms with Crippen LogP contribution in [0.1, 0.15) is 87.3 Å².